The normalized spacial score (nSPS) is 29.3. The molecule has 2 rings (SSSR count). The molecular formula is C10H17NO2S. The molecule has 1 unspecified atom stereocenters. The second-order valence-electron chi connectivity index (χ2n) is 4.62. The molecule has 1 aliphatic carbocycles. The Hall–Kier alpha value is -0.220. The molecule has 4 heteroatoms. The lowest BCUT2D eigenvalue weighted by atomic mass is 10.0. The summed E-state index contributed by atoms with van der Waals surface area (Å²) in [5.41, 5.74) is 0.202. The van der Waals surface area contributed by atoms with Crippen molar-refractivity contribution in [2.45, 2.75) is 31.8 Å². The molecule has 1 heterocycles. The molecule has 2 aliphatic rings. The van der Waals surface area contributed by atoms with Crippen LogP contribution in [0.1, 0.15) is 25.7 Å². The fourth-order valence-electron chi connectivity index (χ4n) is 1.97. The maximum atomic E-state index is 11.8. The molecule has 0 aromatic rings. The Labute approximate surface area is 89.9 Å². The van der Waals surface area contributed by atoms with Gasteiger partial charge in [-0.1, -0.05) is 0 Å². The molecule has 0 spiro atoms. The molecule has 80 valence electrons. The molecule has 2 fully saturated rings. The minimum Gasteiger partial charge on any atom is -0.391 e. The Morgan fingerprint density at radius 1 is 1.57 bits per heavy atom. The van der Waals surface area contributed by atoms with Gasteiger partial charge in [0, 0.05) is 19.5 Å². The summed E-state index contributed by atoms with van der Waals surface area (Å²) in [7, 11) is 0. The van der Waals surface area contributed by atoms with E-state index in [4.69, 9.17) is 0 Å². The zero-order valence-corrected chi connectivity index (χ0v) is 9.17. The summed E-state index contributed by atoms with van der Waals surface area (Å²) < 4.78 is 0. The van der Waals surface area contributed by atoms with Crippen molar-refractivity contribution < 1.29 is 9.90 Å². The van der Waals surface area contributed by atoms with E-state index in [-0.39, 0.29) is 17.4 Å². The topological polar surface area (TPSA) is 40.5 Å². The van der Waals surface area contributed by atoms with Crippen LogP contribution in [0.4, 0.5) is 0 Å². The summed E-state index contributed by atoms with van der Waals surface area (Å²) in [6, 6.07) is 0. The van der Waals surface area contributed by atoms with Crippen LogP contribution in [0, 0.1) is 5.41 Å². The van der Waals surface area contributed by atoms with Crippen LogP contribution in [0.25, 0.3) is 0 Å². The zero-order valence-electron chi connectivity index (χ0n) is 8.28. The lowest BCUT2D eigenvalue weighted by Crippen LogP contribution is -2.31. The number of hydrogen-bond acceptors (Lipinski definition) is 3. The molecule has 0 bridgehead atoms. The fourth-order valence-corrected chi connectivity index (χ4v) is 2.40. The lowest BCUT2D eigenvalue weighted by Gasteiger charge is -2.19. The van der Waals surface area contributed by atoms with Crippen molar-refractivity contribution in [1.29, 1.82) is 0 Å². The molecule has 0 radical (unpaired) electrons. The highest BCUT2D eigenvalue weighted by Crippen LogP contribution is 2.49. The quantitative estimate of drug-likeness (QED) is 0.680. The van der Waals surface area contributed by atoms with Gasteiger partial charge < -0.3 is 10.0 Å². The number of amides is 1. The van der Waals surface area contributed by atoms with Gasteiger partial charge in [0.1, 0.15) is 0 Å². The smallest absolute Gasteiger partial charge is 0.223 e. The molecule has 1 atom stereocenters. The van der Waals surface area contributed by atoms with E-state index in [0.29, 0.717) is 13.0 Å². The number of aliphatic hydroxyl groups excluding tert-OH is 1. The van der Waals surface area contributed by atoms with E-state index in [1.54, 1.807) is 4.90 Å². The summed E-state index contributed by atoms with van der Waals surface area (Å²) in [6.07, 6.45) is 3.34. The van der Waals surface area contributed by atoms with Crippen molar-refractivity contribution in [2.75, 3.05) is 18.8 Å². The first-order valence-corrected chi connectivity index (χ1v) is 5.85. The van der Waals surface area contributed by atoms with Crippen molar-refractivity contribution in [3.8, 4) is 0 Å². The van der Waals surface area contributed by atoms with E-state index < -0.39 is 0 Å². The van der Waals surface area contributed by atoms with Gasteiger partial charge in [-0.15, -0.1) is 0 Å². The highest BCUT2D eigenvalue weighted by atomic mass is 32.1. The first-order valence-electron chi connectivity index (χ1n) is 5.22. The fraction of sp³-hybridized carbons (Fsp3) is 0.900. The van der Waals surface area contributed by atoms with Gasteiger partial charge in [0.15, 0.2) is 0 Å². The number of β-amino-alcohol motifs (C(OH)–C–C–N with tert-alkyl or cyclic N) is 1. The number of rotatable bonds is 3. The SMILES string of the molecule is O=C(CC1(CS)CC1)N1CCC(O)C1. The summed E-state index contributed by atoms with van der Waals surface area (Å²) in [5.74, 6) is 1.02. The number of thiol groups is 1. The third-order valence-electron chi connectivity index (χ3n) is 3.33. The number of hydrogen-bond donors (Lipinski definition) is 2. The van der Waals surface area contributed by atoms with Crippen LogP contribution >= 0.6 is 12.6 Å². The largest absolute Gasteiger partial charge is 0.391 e. The minimum absolute atomic E-state index is 0.202. The van der Waals surface area contributed by atoms with Crippen molar-refractivity contribution in [3.05, 3.63) is 0 Å². The van der Waals surface area contributed by atoms with Crippen molar-refractivity contribution in [3.63, 3.8) is 0 Å². The third-order valence-corrected chi connectivity index (χ3v) is 4.01. The van der Waals surface area contributed by atoms with Gasteiger partial charge in [0.25, 0.3) is 0 Å². The number of likely N-dealkylation sites (tertiary alicyclic amines) is 1. The van der Waals surface area contributed by atoms with E-state index in [2.05, 4.69) is 12.6 Å². The summed E-state index contributed by atoms with van der Waals surface area (Å²) in [4.78, 5) is 13.6. The van der Waals surface area contributed by atoms with Gasteiger partial charge in [0.2, 0.25) is 5.91 Å². The number of carbonyl (C=O) groups excluding carboxylic acids is 1. The van der Waals surface area contributed by atoms with E-state index in [1.807, 2.05) is 0 Å². The molecule has 14 heavy (non-hydrogen) atoms. The standard InChI is InChI=1S/C10H17NO2S/c12-8-1-4-11(6-8)9(13)5-10(7-14)2-3-10/h8,12,14H,1-7H2. The van der Waals surface area contributed by atoms with Crippen molar-refractivity contribution in [2.24, 2.45) is 5.41 Å². The van der Waals surface area contributed by atoms with Crippen LogP contribution in [0.3, 0.4) is 0 Å². The molecule has 1 saturated heterocycles. The van der Waals surface area contributed by atoms with E-state index in [9.17, 15) is 9.90 Å². The Morgan fingerprint density at radius 2 is 2.29 bits per heavy atom. The van der Waals surface area contributed by atoms with E-state index in [0.717, 1.165) is 31.6 Å². The second kappa shape index (κ2) is 3.74. The summed E-state index contributed by atoms with van der Waals surface area (Å²) >= 11 is 4.28. The molecule has 0 aromatic carbocycles. The highest BCUT2D eigenvalue weighted by Gasteiger charge is 2.44. The van der Waals surface area contributed by atoms with Crippen LogP contribution in [0.15, 0.2) is 0 Å². The van der Waals surface area contributed by atoms with E-state index in [1.165, 1.54) is 0 Å². The van der Waals surface area contributed by atoms with Gasteiger partial charge in [-0.05, 0) is 30.4 Å². The lowest BCUT2D eigenvalue weighted by molar-refractivity contribution is -0.131. The number of aliphatic hydroxyl groups is 1. The first-order chi connectivity index (χ1) is 6.65. The average molecular weight is 215 g/mol. The maximum absolute atomic E-state index is 11.8. The van der Waals surface area contributed by atoms with Gasteiger partial charge in [-0.3, -0.25) is 4.79 Å². The molecule has 0 aromatic heterocycles. The van der Waals surface area contributed by atoms with Crippen molar-refractivity contribution in [1.82, 2.24) is 4.90 Å². The Bertz CT molecular complexity index is 240. The van der Waals surface area contributed by atoms with Crippen LogP contribution in [0.2, 0.25) is 0 Å². The van der Waals surface area contributed by atoms with Crippen molar-refractivity contribution >= 4 is 18.5 Å². The average Bonchev–Trinajstić information content (AvgIpc) is 2.80. The second-order valence-corrected chi connectivity index (χ2v) is 4.93. The van der Waals surface area contributed by atoms with Crippen LogP contribution in [0.5, 0.6) is 0 Å². The monoisotopic (exact) mass is 215 g/mol. The molecule has 1 N–H and O–H groups in total. The third kappa shape index (κ3) is 2.06. The van der Waals surface area contributed by atoms with Gasteiger partial charge in [-0.2, -0.15) is 12.6 Å². The van der Waals surface area contributed by atoms with Gasteiger partial charge in [-0.25, -0.2) is 0 Å². The predicted molar refractivity (Wildman–Crippen MR) is 57.3 cm³/mol. The Morgan fingerprint density at radius 3 is 2.71 bits per heavy atom. The maximum Gasteiger partial charge on any atom is 0.223 e. The first kappa shape index (κ1) is 10.3. The highest BCUT2D eigenvalue weighted by molar-refractivity contribution is 7.80. The predicted octanol–water partition coefficient (Wildman–Crippen LogP) is 0.680. The zero-order chi connectivity index (χ0) is 10.2. The van der Waals surface area contributed by atoms with Gasteiger partial charge in [0.05, 0.1) is 6.10 Å². The molecular weight excluding hydrogens is 198 g/mol. The van der Waals surface area contributed by atoms with Crippen LogP contribution < -0.4 is 0 Å². The molecule has 3 nitrogen and oxygen atoms in total. The van der Waals surface area contributed by atoms with E-state index >= 15 is 0 Å². The summed E-state index contributed by atoms with van der Waals surface area (Å²) in [5, 5.41) is 9.31. The van der Waals surface area contributed by atoms with Gasteiger partial charge >= 0.3 is 0 Å². The van der Waals surface area contributed by atoms with Crippen LogP contribution in [-0.4, -0.2) is 40.9 Å². The number of nitrogens with zero attached hydrogens (tertiary/aromatic N) is 1. The Balaban J connectivity index is 1.84. The molecule has 1 amide bonds. The van der Waals surface area contributed by atoms with Crippen LogP contribution in [-0.2, 0) is 4.79 Å². The molecule has 1 saturated carbocycles. The summed E-state index contributed by atoms with van der Waals surface area (Å²) in [6.45, 7) is 1.25. The number of carbonyl (C=O) groups is 1. The minimum atomic E-state index is -0.301. The molecule has 1 aliphatic heterocycles. The Kier molecular flexibility index (Phi) is 2.75.